The van der Waals surface area contributed by atoms with Crippen LogP contribution in [0.4, 0.5) is 0 Å². The van der Waals surface area contributed by atoms with E-state index < -0.39 is 0 Å². The molecule has 0 saturated carbocycles. The Morgan fingerprint density at radius 2 is 2.40 bits per heavy atom. The van der Waals surface area contributed by atoms with E-state index in [-0.39, 0.29) is 18.1 Å². The molecule has 2 atom stereocenters. The smallest absolute Gasteiger partial charge is 0.188 e. The van der Waals surface area contributed by atoms with Crippen molar-refractivity contribution in [3.8, 4) is 0 Å². The van der Waals surface area contributed by atoms with Gasteiger partial charge in [-0.05, 0) is 6.07 Å². The van der Waals surface area contributed by atoms with Crippen LogP contribution in [0.25, 0.3) is 0 Å². The fourth-order valence-corrected chi connectivity index (χ4v) is 1.92. The van der Waals surface area contributed by atoms with Crippen LogP contribution in [0.2, 0.25) is 0 Å². The minimum Gasteiger partial charge on any atom is -0.377 e. The standard InChI is InChI=1S/C9H15N5O/c1-15-8-6-13(9(10)11)5-7(8)14-4-2-3-12-14/h2-4,7-8H,5-6H2,1H3,(H3,10,11). The molecule has 6 heteroatoms. The molecule has 2 rings (SSSR count). The summed E-state index contributed by atoms with van der Waals surface area (Å²) in [4.78, 5) is 1.79. The van der Waals surface area contributed by atoms with Crippen LogP contribution >= 0.6 is 0 Å². The molecule has 0 aromatic carbocycles. The molecule has 15 heavy (non-hydrogen) atoms. The van der Waals surface area contributed by atoms with Crippen LogP contribution in [0.3, 0.4) is 0 Å². The van der Waals surface area contributed by atoms with Gasteiger partial charge in [-0.3, -0.25) is 10.1 Å². The lowest BCUT2D eigenvalue weighted by Crippen LogP contribution is -2.35. The molecule has 1 aromatic rings. The molecule has 1 fully saturated rings. The molecule has 3 N–H and O–H groups in total. The van der Waals surface area contributed by atoms with Crippen molar-refractivity contribution >= 4 is 5.96 Å². The average molecular weight is 209 g/mol. The minimum atomic E-state index is 0.0359. The van der Waals surface area contributed by atoms with Crippen molar-refractivity contribution in [3.05, 3.63) is 18.5 Å². The maximum Gasteiger partial charge on any atom is 0.188 e. The third-order valence-corrected chi connectivity index (χ3v) is 2.75. The second-order valence-corrected chi connectivity index (χ2v) is 3.62. The molecular formula is C9H15N5O. The van der Waals surface area contributed by atoms with Gasteiger partial charge in [0.2, 0.25) is 0 Å². The highest BCUT2D eigenvalue weighted by Gasteiger charge is 2.35. The topological polar surface area (TPSA) is 80.2 Å². The quantitative estimate of drug-likeness (QED) is 0.515. The molecule has 1 aliphatic heterocycles. The van der Waals surface area contributed by atoms with Crippen molar-refractivity contribution in [1.29, 1.82) is 5.41 Å². The highest BCUT2D eigenvalue weighted by Crippen LogP contribution is 2.22. The molecule has 0 amide bonds. The van der Waals surface area contributed by atoms with Gasteiger partial charge in [0.25, 0.3) is 0 Å². The van der Waals surface area contributed by atoms with Gasteiger partial charge >= 0.3 is 0 Å². The summed E-state index contributed by atoms with van der Waals surface area (Å²) in [5, 5.41) is 11.6. The summed E-state index contributed by atoms with van der Waals surface area (Å²) in [5.74, 6) is 0.0895. The fourth-order valence-electron chi connectivity index (χ4n) is 1.92. The van der Waals surface area contributed by atoms with Gasteiger partial charge in [0.15, 0.2) is 5.96 Å². The van der Waals surface area contributed by atoms with Gasteiger partial charge < -0.3 is 15.4 Å². The lowest BCUT2D eigenvalue weighted by Gasteiger charge is -2.16. The third kappa shape index (κ3) is 1.80. The van der Waals surface area contributed by atoms with Crippen LogP contribution in [0.1, 0.15) is 6.04 Å². The van der Waals surface area contributed by atoms with E-state index in [4.69, 9.17) is 15.9 Å². The van der Waals surface area contributed by atoms with Crippen molar-refractivity contribution in [2.24, 2.45) is 5.73 Å². The molecule has 6 nitrogen and oxygen atoms in total. The van der Waals surface area contributed by atoms with Crippen LogP contribution in [0.5, 0.6) is 0 Å². The largest absolute Gasteiger partial charge is 0.377 e. The molecule has 2 unspecified atom stereocenters. The van der Waals surface area contributed by atoms with Crippen LogP contribution in [0.15, 0.2) is 18.5 Å². The number of guanidine groups is 1. The number of rotatable bonds is 2. The zero-order valence-electron chi connectivity index (χ0n) is 8.63. The Morgan fingerprint density at radius 3 is 2.93 bits per heavy atom. The van der Waals surface area contributed by atoms with E-state index >= 15 is 0 Å². The van der Waals surface area contributed by atoms with Crippen LogP contribution in [-0.2, 0) is 4.74 Å². The minimum absolute atomic E-state index is 0.0359. The van der Waals surface area contributed by atoms with Gasteiger partial charge in [-0.25, -0.2) is 0 Å². The zero-order valence-corrected chi connectivity index (χ0v) is 8.63. The van der Waals surface area contributed by atoms with Gasteiger partial charge in [-0.1, -0.05) is 0 Å². The summed E-state index contributed by atoms with van der Waals surface area (Å²) < 4.78 is 7.23. The molecule has 82 valence electrons. The van der Waals surface area contributed by atoms with Crippen LogP contribution in [0, 0.1) is 5.41 Å². The number of methoxy groups -OCH3 is 1. The van der Waals surface area contributed by atoms with E-state index in [1.165, 1.54) is 0 Å². The summed E-state index contributed by atoms with van der Waals surface area (Å²) in [6.07, 6.45) is 3.68. The lowest BCUT2D eigenvalue weighted by atomic mass is 10.2. The Morgan fingerprint density at radius 1 is 1.60 bits per heavy atom. The predicted molar refractivity (Wildman–Crippen MR) is 55.5 cm³/mol. The Hall–Kier alpha value is -1.56. The number of nitrogens with one attached hydrogen (secondary N) is 1. The highest BCUT2D eigenvalue weighted by atomic mass is 16.5. The van der Waals surface area contributed by atoms with Crippen molar-refractivity contribution in [1.82, 2.24) is 14.7 Å². The molecular weight excluding hydrogens is 194 g/mol. The van der Waals surface area contributed by atoms with Crippen LogP contribution < -0.4 is 5.73 Å². The van der Waals surface area contributed by atoms with E-state index in [1.54, 1.807) is 18.2 Å². The number of hydrogen-bond donors (Lipinski definition) is 2. The van der Waals surface area contributed by atoms with E-state index in [2.05, 4.69) is 5.10 Å². The summed E-state index contributed by atoms with van der Waals surface area (Å²) >= 11 is 0. The Labute approximate surface area is 88.1 Å². The van der Waals surface area contributed by atoms with E-state index in [1.807, 2.05) is 16.9 Å². The van der Waals surface area contributed by atoms with E-state index in [0.29, 0.717) is 13.1 Å². The number of ether oxygens (including phenoxy) is 1. The Bertz CT molecular complexity index is 336. The second kappa shape index (κ2) is 3.90. The number of nitrogens with zero attached hydrogens (tertiary/aromatic N) is 3. The number of aromatic nitrogens is 2. The number of likely N-dealkylation sites (tertiary alicyclic amines) is 1. The molecule has 1 saturated heterocycles. The lowest BCUT2D eigenvalue weighted by molar-refractivity contribution is 0.0804. The molecule has 0 radical (unpaired) electrons. The van der Waals surface area contributed by atoms with Crippen molar-refractivity contribution in [2.45, 2.75) is 12.1 Å². The monoisotopic (exact) mass is 209 g/mol. The fraction of sp³-hybridized carbons (Fsp3) is 0.556. The molecule has 0 bridgehead atoms. The van der Waals surface area contributed by atoms with Crippen LogP contribution in [-0.4, -0.2) is 46.9 Å². The van der Waals surface area contributed by atoms with Gasteiger partial charge in [0, 0.05) is 32.6 Å². The molecule has 2 heterocycles. The molecule has 0 aliphatic carbocycles. The summed E-state index contributed by atoms with van der Waals surface area (Å²) in [6.45, 7) is 1.33. The van der Waals surface area contributed by atoms with Gasteiger partial charge in [-0.2, -0.15) is 5.10 Å². The normalized spacial score (nSPS) is 25.8. The van der Waals surface area contributed by atoms with Gasteiger partial charge in [0.1, 0.15) is 0 Å². The second-order valence-electron chi connectivity index (χ2n) is 3.62. The Kier molecular flexibility index (Phi) is 2.59. The summed E-state index contributed by atoms with van der Waals surface area (Å²) in [6, 6.07) is 2.01. The first-order valence-corrected chi connectivity index (χ1v) is 4.83. The average Bonchev–Trinajstić information content (AvgIpc) is 2.86. The molecule has 1 aliphatic rings. The first-order valence-electron chi connectivity index (χ1n) is 4.83. The Balaban J connectivity index is 2.15. The summed E-state index contributed by atoms with van der Waals surface area (Å²) in [7, 11) is 1.67. The van der Waals surface area contributed by atoms with Gasteiger partial charge in [0.05, 0.1) is 12.1 Å². The molecule has 1 aromatic heterocycles. The summed E-state index contributed by atoms with van der Waals surface area (Å²) in [5.41, 5.74) is 5.45. The predicted octanol–water partition coefficient (Wildman–Crippen LogP) is -0.352. The van der Waals surface area contributed by atoms with Gasteiger partial charge in [-0.15, -0.1) is 0 Å². The third-order valence-electron chi connectivity index (χ3n) is 2.75. The van der Waals surface area contributed by atoms with Crippen molar-refractivity contribution < 1.29 is 4.74 Å². The maximum atomic E-state index is 7.39. The molecule has 0 spiro atoms. The first kappa shape index (κ1) is 9.97. The number of hydrogen-bond acceptors (Lipinski definition) is 3. The maximum absolute atomic E-state index is 7.39. The van der Waals surface area contributed by atoms with E-state index in [0.717, 1.165) is 0 Å². The SMILES string of the molecule is COC1CN(C(=N)N)CC1n1cccn1. The highest BCUT2D eigenvalue weighted by molar-refractivity contribution is 5.75. The van der Waals surface area contributed by atoms with Crippen molar-refractivity contribution in [2.75, 3.05) is 20.2 Å². The van der Waals surface area contributed by atoms with Crippen molar-refractivity contribution in [3.63, 3.8) is 0 Å². The first-order chi connectivity index (χ1) is 7.22. The van der Waals surface area contributed by atoms with E-state index in [9.17, 15) is 0 Å². The zero-order chi connectivity index (χ0) is 10.8. The number of nitrogens with two attached hydrogens (primary N) is 1.